The molecule has 0 saturated heterocycles. The van der Waals surface area contributed by atoms with Gasteiger partial charge in [0.1, 0.15) is 0 Å². The van der Waals surface area contributed by atoms with E-state index in [1.165, 1.54) is 22.3 Å². The molecule has 4 aromatic rings. The minimum atomic E-state index is -0.409. The molecule has 1 N–H and O–H groups in total. The molecule has 0 spiro atoms. The maximum atomic E-state index is 13.0. The fourth-order valence-electron chi connectivity index (χ4n) is 3.73. The van der Waals surface area contributed by atoms with E-state index in [1.807, 2.05) is 61.5 Å². The summed E-state index contributed by atoms with van der Waals surface area (Å²) in [4.78, 5) is 44.3. The molecule has 0 saturated carbocycles. The molecule has 1 aromatic heterocycles. The van der Waals surface area contributed by atoms with E-state index in [2.05, 4.69) is 10.3 Å². The van der Waals surface area contributed by atoms with Crippen molar-refractivity contribution in [3.8, 4) is 0 Å². The number of thiazole rings is 1. The number of nitrogens with one attached hydrogen (secondary N) is 1. The molecule has 1 unspecified atom stereocenters. The van der Waals surface area contributed by atoms with Crippen LogP contribution in [0.3, 0.4) is 0 Å². The lowest BCUT2D eigenvalue weighted by Gasteiger charge is -2.22. The van der Waals surface area contributed by atoms with Gasteiger partial charge >= 0.3 is 0 Å². The van der Waals surface area contributed by atoms with E-state index in [0.717, 1.165) is 15.8 Å². The largest absolute Gasteiger partial charge is 0.298 e. The van der Waals surface area contributed by atoms with Crippen molar-refractivity contribution in [2.45, 2.75) is 13.0 Å². The fourth-order valence-corrected chi connectivity index (χ4v) is 4.59. The van der Waals surface area contributed by atoms with Crippen molar-refractivity contribution in [1.29, 1.82) is 0 Å². The van der Waals surface area contributed by atoms with Crippen LogP contribution >= 0.6 is 11.3 Å². The standard InChI is InChI=1S/C24H17N3O3S/c1-14(15-7-3-2-4-8-15)27-22(29)17-12-11-16(13-18(17)23(27)30)21(28)26-24-25-19-9-5-6-10-20(19)31-24/h2-14H,1H3,(H,25,26,28). The molecule has 1 aliphatic heterocycles. The van der Waals surface area contributed by atoms with E-state index >= 15 is 0 Å². The van der Waals surface area contributed by atoms with Crippen molar-refractivity contribution >= 4 is 44.4 Å². The summed E-state index contributed by atoms with van der Waals surface area (Å²) in [5.74, 6) is -1.13. The highest BCUT2D eigenvalue weighted by Gasteiger charge is 2.39. The van der Waals surface area contributed by atoms with E-state index < -0.39 is 11.9 Å². The zero-order valence-corrected chi connectivity index (χ0v) is 17.3. The molecular weight excluding hydrogens is 410 g/mol. The first-order valence-electron chi connectivity index (χ1n) is 9.77. The number of aromatic nitrogens is 1. The van der Waals surface area contributed by atoms with E-state index in [-0.39, 0.29) is 17.4 Å². The second-order valence-electron chi connectivity index (χ2n) is 7.27. The van der Waals surface area contributed by atoms with Gasteiger partial charge in [0.2, 0.25) is 0 Å². The molecule has 0 fully saturated rings. The average molecular weight is 427 g/mol. The Hall–Kier alpha value is -3.84. The van der Waals surface area contributed by atoms with E-state index in [0.29, 0.717) is 16.3 Å². The normalized spacial score (nSPS) is 14.0. The summed E-state index contributed by atoms with van der Waals surface area (Å²) < 4.78 is 0.970. The zero-order valence-electron chi connectivity index (χ0n) is 16.5. The molecule has 7 heteroatoms. The summed E-state index contributed by atoms with van der Waals surface area (Å²) in [6.07, 6.45) is 0. The summed E-state index contributed by atoms with van der Waals surface area (Å²) in [5, 5.41) is 3.26. The summed E-state index contributed by atoms with van der Waals surface area (Å²) in [6, 6.07) is 21.2. The zero-order chi connectivity index (χ0) is 21.5. The maximum absolute atomic E-state index is 13.0. The Morgan fingerprint density at radius 1 is 0.935 bits per heavy atom. The van der Waals surface area contributed by atoms with E-state index in [4.69, 9.17) is 0 Å². The SMILES string of the molecule is CC(c1ccccc1)N1C(=O)c2ccc(C(=O)Nc3nc4ccccc4s3)cc2C1=O. The summed E-state index contributed by atoms with van der Waals surface area (Å²) in [6.45, 7) is 1.82. The molecule has 3 amide bonds. The molecular formula is C24H17N3O3S. The lowest BCUT2D eigenvalue weighted by atomic mass is 10.1. The van der Waals surface area contributed by atoms with Gasteiger partial charge in [-0.2, -0.15) is 0 Å². The highest BCUT2D eigenvalue weighted by Crippen LogP contribution is 2.32. The third-order valence-corrected chi connectivity index (χ3v) is 6.32. The lowest BCUT2D eigenvalue weighted by Crippen LogP contribution is -2.32. The Morgan fingerprint density at radius 2 is 1.65 bits per heavy atom. The van der Waals surface area contributed by atoms with Gasteiger partial charge in [0.25, 0.3) is 17.7 Å². The predicted molar refractivity (Wildman–Crippen MR) is 119 cm³/mol. The van der Waals surface area contributed by atoms with Crippen molar-refractivity contribution in [3.05, 3.63) is 95.1 Å². The fraction of sp³-hybridized carbons (Fsp3) is 0.0833. The molecule has 31 heavy (non-hydrogen) atoms. The Labute approximate surface area is 182 Å². The minimum absolute atomic E-state index is 0.240. The van der Waals surface area contributed by atoms with Crippen LogP contribution in [-0.4, -0.2) is 27.6 Å². The van der Waals surface area contributed by atoms with Gasteiger partial charge < -0.3 is 0 Å². The number of nitrogens with zero attached hydrogens (tertiary/aromatic N) is 2. The van der Waals surface area contributed by atoms with Crippen LogP contribution in [0, 0.1) is 0 Å². The van der Waals surface area contributed by atoms with Gasteiger partial charge in [-0.3, -0.25) is 24.6 Å². The van der Waals surface area contributed by atoms with Crippen LogP contribution < -0.4 is 5.32 Å². The number of benzene rings is 3. The molecule has 1 aliphatic rings. The third-order valence-electron chi connectivity index (χ3n) is 5.36. The monoisotopic (exact) mass is 427 g/mol. The first-order valence-corrected chi connectivity index (χ1v) is 10.6. The van der Waals surface area contributed by atoms with Crippen LogP contribution in [0.15, 0.2) is 72.8 Å². The number of para-hydroxylation sites is 1. The number of rotatable bonds is 4. The highest BCUT2D eigenvalue weighted by atomic mass is 32.1. The maximum Gasteiger partial charge on any atom is 0.262 e. The van der Waals surface area contributed by atoms with Crippen molar-refractivity contribution < 1.29 is 14.4 Å². The smallest absolute Gasteiger partial charge is 0.262 e. The van der Waals surface area contributed by atoms with Gasteiger partial charge in [-0.1, -0.05) is 53.8 Å². The van der Waals surface area contributed by atoms with Crippen LogP contribution in [0.2, 0.25) is 0 Å². The van der Waals surface area contributed by atoms with Crippen LogP contribution in [0.5, 0.6) is 0 Å². The minimum Gasteiger partial charge on any atom is -0.298 e. The second-order valence-corrected chi connectivity index (χ2v) is 8.30. The van der Waals surface area contributed by atoms with Gasteiger partial charge in [0.05, 0.1) is 27.4 Å². The molecule has 3 aromatic carbocycles. The summed E-state index contributed by atoms with van der Waals surface area (Å²) in [5.41, 5.74) is 2.52. The number of hydrogen-bond donors (Lipinski definition) is 1. The first-order chi connectivity index (χ1) is 15.0. The number of carbonyl (C=O) groups excluding carboxylic acids is 3. The molecule has 0 aliphatic carbocycles. The van der Waals surface area contributed by atoms with Gasteiger partial charge in [0, 0.05) is 5.56 Å². The molecule has 6 nitrogen and oxygen atoms in total. The quantitative estimate of drug-likeness (QED) is 0.470. The van der Waals surface area contributed by atoms with Crippen LogP contribution in [0.25, 0.3) is 10.2 Å². The second kappa shape index (κ2) is 7.45. The van der Waals surface area contributed by atoms with Gasteiger partial charge in [0.15, 0.2) is 5.13 Å². The molecule has 152 valence electrons. The van der Waals surface area contributed by atoms with Crippen molar-refractivity contribution in [2.75, 3.05) is 5.32 Å². The average Bonchev–Trinajstić information content (AvgIpc) is 3.31. The Bertz CT molecular complexity index is 1310. The van der Waals surface area contributed by atoms with Crippen LogP contribution in [0.4, 0.5) is 5.13 Å². The van der Waals surface area contributed by atoms with Gasteiger partial charge in [-0.05, 0) is 42.8 Å². The molecule has 0 bridgehead atoms. The van der Waals surface area contributed by atoms with Crippen LogP contribution in [-0.2, 0) is 0 Å². The summed E-state index contributed by atoms with van der Waals surface area (Å²) >= 11 is 1.38. The molecule has 2 heterocycles. The Morgan fingerprint density at radius 3 is 2.42 bits per heavy atom. The number of hydrogen-bond acceptors (Lipinski definition) is 5. The lowest BCUT2D eigenvalue weighted by molar-refractivity contribution is 0.0595. The van der Waals surface area contributed by atoms with Crippen molar-refractivity contribution in [1.82, 2.24) is 9.88 Å². The van der Waals surface area contributed by atoms with Crippen molar-refractivity contribution in [2.24, 2.45) is 0 Å². The molecule has 5 rings (SSSR count). The first kappa shape index (κ1) is 19.1. The topological polar surface area (TPSA) is 79.4 Å². The predicted octanol–water partition coefficient (Wildman–Crippen LogP) is 4.91. The summed E-state index contributed by atoms with van der Waals surface area (Å²) in [7, 11) is 0. The number of imide groups is 1. The number of carbonyl (C=O) groups is 3. The number of amides is 3. The van der Waals surface area contributed by atoms with E-state index in [9.17, 15) is 14.4 Å². The van der Waals surface area contributed by atoms with Crippen LogP contribution in [0.1, 0.15) is 49.6 Å². The molecule has 0 radical (unpaired) electrons. The number of anilines is 1. The van der Waals surface area contributed by atoms with Gasteiger partial charge in [-0.15, -0.1) is 0 Å². The molecule has 1 atom stereocenters. The Balaban J connectivity index is 1.41. The third kappa shape index (κ3) is 3.29. The van der Waals surface area contributed by atoms with Gasteiger partial charge in [-0.25, -0.2) is 4.98 Å². The van der Waals surface area contributed by atoms with E-state index in [1.54, 1.807) is 12.1 Å². The highest BCUT2D eigenvalue weighted by molar-refractivity contribution is 7.22. The Kier molecular flexibility index (Phi) is 4.60. The van der Waals surface area contributed by atoms with Crippen molar-refractivity contribution in [3.63, 3.8) is 0 Å². The number of fused-ring (bicyclic) bond motifs is 2.